The number of hydrogen-bond acceptors (Lipinski definition) is 3. The molecule has 1 aromatic heterocycles. The molecule has 0 aliphatic heterocycles. The summed E-state index contributed by atoms with van der Waals surface area (Å²) in [4.78, 5) is 41.5. The smallest absolute Gasteiger partial charge is 0.325 e. The van der Waals surface area contributed by atoms with Gasteiger partial charge in [-0.3, -0.25) is 14.4 Å². The van der Waals surface area contributed by atoms with E-state index in [2.05, 4.69) is 4.98 Å². The number of carbonyl (C=O) groups excluding carboxylic acids is 2. The Morgan fingerprint density at radius 1 is 1.03 bits per heavy atom. The van der Waals surface area contributed by atoms with Crippen molar-refractivity contribution < 1.29 is 22.8 Å². The fraction of sp³-hybridized carbons (Fsp3) is 0.174. The molecule has 0 unspecified atom stereocenters. The lowest BCUT2D eigenvalue weighted by molar-refractivity contribution is -0.137. The summed E-state index contributed by atoms with van der Waals surface area (Å²) in [7, 11) is 1.26. The molecule has 0 radical (unpaired) electrons. The highest BCUT2D eigenvalue weighted by atomic mass is 35.5. The Morgan fingerprint density at radius 2 is 1.69 bits per heavy atom. The number of nitrogens with one attached hydrogen (secondary N) is 1. The Kier molecular flexibility index (Phi) is 6.55. The number of halogens is 4. The highest BCUT2D eigenvalue weighted by Crippen LogP contribution is 2.31. The van der Waals surface area contributed by atoms with Gasteiger partial charge in [-0.2, -0.15) is 13.2 Å². The van der Waals surface area contributed by atoms with Gasteiger partial charge >= 0.3 is 6.18 Å². The summed E-state index contributed by atoms with van der Waals surface area (Å²) in [6.07, 6.45) is -4.57. The van der Waals surface area contributed by atoms with Crippen LogP contribution in [0.5, 0.6) is 0 Å². The van der Waals surface area contributed by atoms with Crippen LogP contribution in [-0.2, 0) is 12.6 Å². The summed E-state index contributed by atoms with van der Waals surface area (Å²) in [5.74, 6) is -1.18. The van der Waals surface area contributed by atoms with Gasteiger partial charge in [0.1, 0.15) is 5.56 Å². The first-order valence-corrected chi connectivity index (χ1v) is 9.82. The SMILES string of the molecule is Cc1[nH]c(=O)c(C(=O)N(C)c2cccc(C(F)(F)F)c2)cc1C(=O)Cc1ccc(Cl)cc1. The maximum Gasteiger partial charge on any atom is 0.416 e. The van der Waals surface area contributed by atoms with Crippen molar-refractivity contribution in [1.82, 2.24) is 4.98 Å². The van der Waals surface area contributed by atoms with Crippen molar-refractivity contribution in [3.8, 4) is 0 Å². The fourth-order valence-corrected chi connectivity index (χ4v) is 3.27. The van der Waals surface area contributed by atoms with Crippen LogP contribution in [0.1, 0.15) is 37.5 Å². The molecule has 0 saturated carbocycles. The molecule has 1 amide bonds. The number of benzene rings is 2. The minimum Gasteiger partial charge on any atom is -0.325 e. The lowest BCUT2D eigenvalue weighted by atomic mass is 10.0. The zero-order valence-corrected chi connectivity index (χ0v) is 17.8. The second kappa shape index (κ2) is 9.00. The van der Waals surface area contributed by atoms with Crippen LogP contribution in [0.25, 0.3) is 0 Å². The largest absolute Gasteiger partial charge is 0.416 e. The molecule has 32 heavy (non-hydrogen) atoms. The number of H-pyrrole nitrogens is 1. The van der Waals surface area contributed by atoms with E-state index in [1.807, 2.05) is 0 Å². The number of nitrogens with zero attached hydrogens (tertiary/aromatic N) is 1. The summed E-state index contributed by atoms with van der Waals surface area (Å²) in [5, 5.41) is 0.520. The highest BCUT2D eigenvalue weighted by molar-refractivity contribution is 6.30. The van der Waals surface area contributed by atoms with Gasteiger partial charge in [-0.25, -0.2) is 0 Å². The van der Waals surface area contributed by atoms with Gasteiger partial charge in [0.05, 0.1) is 5.56 Å². The Labute approximate surface area is 186 Å². The van der Waals surface area contributed by atoms with Crippen molar-refractivity contribution >= 4 is 29.0 Å². The number of aromatic amines is 1. The van der Waals surface area contributed by atoms with Crippen LogP contribution in [-0.4, -0.2) is 23.7 Å². The van der Waals surface area contributed by atoms with E-state index in [-0.39, 0.29) is 34.7 Å². The number of hydrogen-bond donors (Lipinski definition) is 1. The molecule has 0 fully saturated rings. The van der Waals surface area contributed by atoms with Crippen LogP contribution in [0.2, 0.25) is 5.02 Å². The number of aryl methyl sites for hydroxylation is 1. The van der Waals surface area contributed by atoms with Crippen LogP contribution >= 0.6 is 11.6 Å². The normalized spacial score (nSPS) is 11.3. The minimum atomic E-state index is -4.58. The van der Waals surface area contributed by atoms with Gasteiger partial charge in [-0.05, 0) is 48.9 Å². The zero-order chi connectivity index (χ0) is 23.6. The quantitative estimate of drug-likeness (QED) is 0.539. The number of anilines is 1. The van der Waals surface area contributed by atoms with Gasteiger partial charge in [0.15, 0.2) is 5.78 Å². The lowest BCUT2D eigenvalue weighted by Crippen LogP contribution is -2.32. The van der Waals surface area contributed by atoms with Crippen molar-refractivity contribution in [2.45, 2.75) is 19.5 Å². The second-order valence-corrected chi connectivity index (χ2v) is 7.63. The van der Waals surface area contributed by atoms with E-state index >= 15 is 0 Å². The molecule has 0 bridgehead atoms. The van der Waals surface area contributed by atoms with Crippen LogP contribution in [0, 0.1) is 6.92 Å². The molecule has 0 spiro atoms. The van der Waals surface area contributed by atoms with Crippen molar-refractivity contribution in [2.24, 2.45) is 0 Å². The Balaban J connectivity index is 1.92. The first-order chi connectivity index (χ1) is 15.0. The molecule has 1 N–H and O–H groups in total. The first kappa shape index (κ1) is 23.3. The number of pyridine rings is 1. The molecule has 5 nitrogen and oxygen atoms in total. The van der Waals surface area contributed by atoms with Gasteiger partial charge in [0, 0.05) is 35.4 Å². The molecule has 0 atom stereocenters. The van der Waals surface area contributed by atoms with Gasteiger partial charge in [-0.1, -0.05) is 29.8 Å². The molecule has 3 rings (SSSR count). The molecule has 1 heterocycles. The lowest BCUT2D eigenvalue weighted by Gasteiger charge is -2.19. The average Bonchev–Trinajstić information content (AvgIpc) is 2.74. The summed E-state index contributed by atoms with van der Waals surface area (Å²) in [6, 6.07) is 12.0. The first-order valence-electron chi connectivity index (χ1n) is 9.44. The minimum absolute atomic E-state index is 0.0150. The molecule has 3 aromatic rings. The molecule has 9 heteroatoms. The van der Waals surface area contributed by atoms with Gasteiger partial charge in [-0.15, -0.1) is 0 Å². The summed E-state index contributed by atoms with van der Waals surface area (Å²) >= 11 is 5.85. The van der Waals surface area contributed by atoms with Crippen LogP contribution in [0.3, 0.4) is 0 Å². The Morgan fingerprint density at radius 3 is 2.31 bits per heavy atom. The van der Waals surface area contributed by atoms with E-state index in [0.29, 0.717) is 10.6 Å². The molecular formula is C23H18ClF3N2O3. The number of rotatable bonds is 5. The standard InChI is InChI=1S/C23H18ClF3N2O3/c1-13-18(20(30)10-14-6-8-16(24)9-7-14)12-19(21(31)28-13)22(32)29(2)17-5-3-4-15(11-17)23(25,26)27/h3-9,11-12H,10H2,1-2H3,(H,28,31). The van der Waals surface area contributed by atoms with Gasteiger partial charge in [0.25, 0.3) is 11.5 Å². The molecule has 2 aromatic carbocycles. The van der Waals surface area contributed by atoms with Crippen LogP contribution in [0.4, 0.5) is 18.9 Å². The molecule has 0 saturated heterocycles. The van der Waals surface area contributed by atoms with Crippen molar-refractivity contribution in [1.29, 1.82) is 0 Å². The van der Waals surface area contributed by atoms with Crippen molar-refractivity contribution in [3.63, 3.8) is 0 Å². The predicted octanol–water partition coefficient (Wildman–Crippen LogP) is 5.06. The Bertz CT molecular complexity index is 1230. The monoisotopic (exact) mass is 462 g/mol. The number of alkyl halides is 3. The van der Waals surface area contributed by atoms with E-state index in [1.54, 1.807) is 24.3 Å². The van der Waals surface area contributed by atoms with Crippen molar-refractivity contribution in [2.75, 3.05) is 11.9 Å². The van der Waals surface area contributed by atoms with E-state index in [1.165, 1.54) is 32.2 Å². The molecular weight excluding hydrogens is 445 g/mol. The Hall–Kier alpha value is -3.39. The maximum absolute atomic E-state index is 13.0. The van der Waals surface area contributed by atoms with Gasteiger partial charge < -0.3 is 9.88 Å². The second-order valence-electron chi connectivity index (χ2n) is 7.19. The van der Waals surface area contributed by atoms with Gasteiger partial charge in [0.2, 0.25) is 0 Å². The van der Waals surface area contributed by atoms with Crippen LogP contribution in [0.15, 0.2) is 59.4 Å². The third-order valence-corrected chi connectivity index (χ3v) is 5.16. The van der Waals surface area contributed by atoms with Crippen molar-refractivity contribution in [3.05, 3.63) is 97.9 Å². The highest BCUT2D eigenvalue weighted by Gasteiger charge is 2.31. The number of aromatic nitrogens is 1. The predicted molar refractivity (Wildman–Crippen MR) is 115 cm³/mol. The van der Waals surface area contributed by atoms with E-state index in [9.17, 15) is 27.6 Å². The van der Waals surface area contributed by atoms with Crippen LogP contribution < -0.4 is 10.5 Å². The number of Topliss-reactive ketones (excluding diaryl/α,β-unsaturated/α-hetero) is 1. The summed E-state index contributed by atoms with van der Waals surface area (Å²) in [6.45, 7) is 1.53. The maximum atomic E-state index is 13.0. The molecule has 0 aliphatic carbocycles. The average molecular weight is 463 g/mol. The zero-order valence-electron chi connectivity index (χ0n) is 17.1. The molecule has 0 aliphatic rings. The summed E-state index contributed by atoms with van der Waals surface area (Å²) < 4.78 is 39.0. The van der Waals surface area contributed by atoms with E-state index in [4.69, 9.17) is 11.6 Å². The summed E-state index contributed by atoms with van der Waals surface area (Å²) in [5.41, 5.74) is -0.944. The number of ketones is 1. The molecule has 166 valence electrons. The number of carbonyl (C=O) groups is 2. The van der Waals surface area contributed by atoms with E-state index < -0.39 is 23.2 Å². The fourth-order valence-electron chi connectivity index (χ4n) is 3.14. The number of amides is 1. The topological polar surface area (TPSA) is 70.2 Å². The van der Waals surface area contributed by atoms with E-state index in [0.717, 1.165) is 17.0 Å². The third kappa shape index (κ3) is 5.08. The third-order valence-electron chi connectivity index (χ3n) is 4.91.